The van der Waals surface area contributed by atoms with E-state index in [4.69, 9.17) is 5.11 Å². The van der Waals surface area contributed by atoms with E-state index in [1.165, 1.54) is 0 Å². The molecule has 0 radical (unpaired) electrons. The Kier molecular flexibility index (Phi) is 4.69. The Morgan fingerprint density at radius 1 is 1.47 bits per heavy atom. The zero-order valence-corrected chi connectivity index (χ0v) is 10.9. The van der Waals surface area contributed by atoms with Crippen molar-refractivity contribution in [3.63, 3.8) is 0 Å². The molecule has 1 aromatic heterocycles. The molecule has 1 rings (SSSR count). The number of H-pyrrole nitrogens is 1. The first-order valence-electron chi connectivity index (χ1n) is 5.86. The number of nitrogens with one attached hydrogen (secondary N) is 2. The minimum absolute atomic E-state index is 0.0350. The molecule has 0 aliphatic carbocycles. The third kappa shape index (κ3) is 3.56. The molecule has 1 amide bonds. The summed E-state index contributed by atoms with van der Waals surface area (Å²) in [5.41, 5.74) is 2.70. The number of nitrogens with zero attached hydrogens (tertiary/aromatic N) is 1. The fraction of sp³-hybridized carbons (Fsp3) is 0.667. The molecule has 0 spiro atoms. The predicted octanol–water partition coefficient (Wildman–Crippen LogP) is 0.702. The molecule has 0 aliphatic rings. The molecule has 5 heteroatoms. The number of amides is 1. The van der Waals surface area contributed by atoms with Crippen molar-refractivity contribution in [1.29, 1.82) is 0 Å². The Morgan fingerprint density at radius 3 is 2.53 bits per heavy atom. The minimum Gasteiger partial charge on any atom is -0.394 e. The van der Waals surface area contributed by atoms with Gasteiger partial charge in [0.1, 0.15) is 0 Å². The quantitative estimate of drug-likeness (QED) is 0.708. The fourth-order valence-corrected chi connectivity index (χ4v) is 1.68. The zero-order valence-electron chi connectivity index (χ0n) is 10.9. The number of aliphatic hydroxyl groups is 1. The second-order valence-electron chi connectivity index (χ2n) is 4.69. The summed E-state index contributed by atoms with van der Waals surface area (Å²) in [5.74, 6) is 0.140. The van der Waals surface area contributed by atoms with E-state index in [2.05, 4.69) is 15.5 Å². The topological polar surface area (TPSA) is 78.0 Å². The molecular weight excluding hydrogens is 218 g/mol. The maximum absolute atomic E-state index is 11.8. The average molecular weight is 239 g/mol. The van der Waals surface area contributed by atoms with E-state index in [1.807, 2.05) is 27.7 Å². The van der Waals surface area contributed by atoms with Crippen molar-refractivity contribution in [3.8, 4) is 0 Å². The first kappa shape index (κ1) is 13.7. The van der Waals surface area contributed by atoms with Crippen LogP contribution in [0.2, 0.25) is 0 Å². The van der Waals surface area contributed by atoms with Crippen LogP contribution in [0.3, 0.4) is 0 Å². The van der Waals surface area contributed by atoms with E-state index >= 15 is 0 Å². The molecular formula is C12H21N3O2. The van der Waals surface area contributed by atoms with Crippen molar-refractivity contribution < 1.29 is 9.90 Å². The maximum Gasteiger partial charge on any atom is 0.224 e. The van der Waals surface area contributed by atoms with Gasteiger partial charge in [-0.3, -0.25) is 9.89 Å². The van der Waals surface area contributed by atoms with E-state index in [9.17, 15) is 4.79 Å². The van der Waals surface area contributed by atoms with Gasteiger partial charge >= 0.3 is 0 Å². The van der Waals surface area contributed by atoms with Crippen LogP contribution < -0.4 is 5.32 Å². The molecule has 96 valence electrons. The molecule has 0 bridgehead atoms. The highest BCUT2D eigenvalue weighted by Gasteiger charge is 2.17. The van der Waals surface area contributed by atoms with Crippen LogP contribution in [0.4, 0.5) is 0 Å². The summed E-state index contributed by atoms with van der Waals surface area (Å²) in [7, 11) is 0. The highest BCUT2D eigenvalue weighted by Crippen LogP contribution is 2.10. The van der Waals surface area contributed by atoms with Crippen LogP contribution in [0.25, 0.3) is 0 Å². The lowest BCUT2D eigenvalue weighted by atomic mass is 10.0. The molecule has 3 N–H and O–H groups in total. The average Bonchev–Trinajstić information content (AvgIpc) is 2.57. The lowest BCUT2D eigenvalue weighted by molar-refractivity contribution is -0.121. The summed E-state index contributed by atoms with van der Waals surface area (Å²) >= 11 is 0. The Bertz CT molecular complexity index is 366. The van der Waals surface area contributed by atoms with Crippen LogP contribution in [0, 0.1) is 19.8 Å². The smallest absolute Gasteiger partial charge is 0.224 e. The number of aliphatic hydroxyl groups excluding tert-OH is 1. The first-order chi connectivity index (χ1) is 7.95. The van der Waals surface area contributed by atoms with E-state index in [0.29, 0.717) is 6.42 Å². The van der Waals surface area contributed by atoms with Crippen molar-refractivity contribution in [2.24, 2.45) is 5.92 Å². The summed E-state index contributed by atoms with van der Waals surface area (Å²) in [5, 5.41) is 18.9. The van der Waals surface area contributed by atoms with Crippen molar-refractivity contribution in [2.75, 3.05) is 6.61 Å². The highest BCUT2D eigenvalue weighted by atomic mass is 16.3. The standard InChI is InChI=1S/C12H21N3O2/c1-7(2)11(6-16)13-12(17)5-10-8(3)14-15-9(10)4/h7,11,16H,5-6H2,1-4H3,(H,13,17)(H,14,15)/t11-/m1/s1. The van der Waals surface area contributed by atoms with Gasteiger partial charge in [0, 0.05) is 11.3 Å². The Balaban J connectivity index is 2.61. The molecule has 17 heavy (non-hydrogen) atoms. The van der Waals surface area contributed by atoms with E-state index in [1.54, 1.807) is 0 Å². The largest absolute Gasteiger partial charge is 0.394 e. The number of aromatic nitrogens is 2. The normalized spacial score (nSPS) is 12.8. The van der Waals surface area contributed by atoms with Gasteiger partial charge < -0.3 is 10.4 Å². The van der Waals surface area contributed by atoms with Gasteiger partial charge in [-0.15, -0.1) is 0 Å². The molecule has 0 fully saturated rings. The van der Waals surface area contributed by atoms with Crippen LogP contribution in [-0.2, 0) is 11.2 Å². The molecule has 0 saturated carbocycles. The number of aromatic amines is 1. The van der Waals surface area contributed by atoms with Crippen LogP contribution in [-0.4, -0.2) is 33.9 Å². The van der Waals surface area contributed by atoms with Crippen LogP contribution in [0.15, 0.2) is 0 Å². The second kappa shape index (κ2) is 5.82. The number of rotatable bonds is 5. The SMILES string of the molecule is Cc1n[nH]c(C)c1CC(=O)N[C@H](CO)C(C)C. The van der Waals surface area contributed by atoms with Gasteiger partial charge in [0.05, 0.1) is 24.8 Å². The third-order valence-electron chi connectivity index (χ3n) is 2.97. The maximum atomic E-state index is 11.8. The van der Waals surface area contributed by atoms with E-state index in [0.717, 1.165) is 17.0 Å². The zero-order chi connectivity index (χ0) is 13.0. The molecule has 0 saturated heterocycles. The monoisotopic (exact) mass is 239 g/mol. The van der Waals surface area contributed by atoms with Crippen molar-refractivity contribution in [1.82, 2.24) is 15.5 Å². The molecule has 1 heterocycles. The van der Waals surface area contributed by atoms with Crippen molar-refractivity contribution >= 4 is 5.91 Å². The minimum atomic E-state index is -0.185. The van der Waals surface area contributed by atoms with Crippen molar-refractivity contribution in [3.05, 3.63) is 17.0 Å². The first-order valence-corrected chi connectivity index (χ1v) is 5.86. The third-order valence-corrected chi connectivity index (χ3v) is 2.97. The lowest BCUT2D eigenvalue weighted by Gasteiger charge is -2.19. The highest BCUT2D eigenvalue weighted by molar-refractivity contribution is 5.79. The van der Waals surface area contributed by atoms with Crippen LogP contribution in [0.5, 0.6) is 0 Å². The second-order valence-corrected chi connectivity index (χ2v) is 4.69. The summed E-state index contributed by atoms with van der Waals surface area (Å²) < 4.78 is 0. The van der Waals surface area contributed by atoms with Crippen LogP contribution >= 0.6 is 0 Å². The predicted molar refractivity (Wildman–Crippen MR) is 65.6 cm³/mol. The molecule has 1 atom stereocenters. The number of carbonyl (C=O) groups is 1. The van der Waals surface area contributed by atoms with Gasteiger partial charge in [-0.1, -0.05) is 13.8 Å². The van der Waals surface area contributed by atoms with Gasteiger partial charge in [-0.25, -0.2) is 0 Å². The van der Waals surface area contributed by atoms with E-state index in [-0.39, 0.29) is 24.5 Å². The summed E-state index contributed by atoms with van der Waals surface area (Å²) in [4.78, 5) is 11.8. The summed E-state index contributed by atoms with van der Waals surface area (Å²) in [6.07, 6.45) is 0.303. The molecule has 0 unspecified atom stereocenters. The van der Waals surface area contributed by atoms with Gasteiger partial charge in [0.2, 0.25) is 5.91 Å². The van der Waals surface area contributed by atoms with Crippen LogP contribution in [0.1, 0.15) is 30.8 Å². The van der Waals surface area contributed by atoms with E-state index < -0.39 is 0 Å². The van der Waals surface area contributed by atoms with Gasteiger partial charge in [-0.2, -0.15) is 5.10 Å². The van der Waals surface area contributed by atoms with Gasteiger partial charge in [0.25, 0.3) is 0 Å². The summed E-state index contributed by atoms with van der Waals surface area (Å²) in [6.45, 7) is 7.67. The van der Waals surface area contributed by atoms with Gasteiger partial charge in [0.15, 0.2) is 0 Å². The number of hydrogen-bond acceptors (Lipinski definition) is 3. The number of aryl methyl sites for hydroxylation is 2. The number of hydrogen-bond donors (Lipinski definition) is 3. The van der Waals surface area contributed by atoms with Gasteiger partial charge in [-0.05, 0) is 19.8 Å². The fourth-order valence-electron chi connectivity index (χ4n) is 1.68. The molecule has 0 aliphatic heterocycles. The van der Waals surface area contributed by atoms with Crippen molar-refractivity contribution in [2.45, 2.75) is 40.2 Å². The molecule has 1 aromatic rings. The Labute approximate surface area is 102 Å². The molecule has 0 aromatic carbocycles. The lowest BCUT2D eigenvalue weighted by Crippen LogP contribution is -2.41. The Morgan fingerprint density at radius 2 is 2.12 bits per heavy atom. The Hall–Kier alpha value is -1.36. The number of carbonyl (C=O) groups excluding carboxylic acids is 1. The molecule has 5 nitrogen and oxygen atoms in total. The summed E-state index contributed by atoms with van der Waals surface area (Å²) in [6, 6.07) is -0.185.